The van der Waals surface area contributed by atoms with Gasteiger partial charge < -0.3 is 14.6 Å². The molecule has 1 N–H and O–H groups in total. The molecule has 3 heterocycles. The number of nitrogens with zero attached hydrogens (tertiary/aromatic N) is 3. The number of pyridine rings is 3. The lowest BCUT2D eigenvalue weighted by Gasteiger charge is -2.16. The van der Waals surface area contributed by atoms with Crippen LogP contribution in [0.3, 0.4) is 0 Å². The average molecular weight is 447 g/mol. The molecule has 3 aromatic rings. The summed E-state index contributed by atoms with van der Waals surface area (Å²) in [5.41, 5.74) is 3.36. The van der Waals surface area contributed by atoms with E-state index in [1.165, 1.54) is 24.5 Å². The van der Waals surface area contributed by atoms with E-state index in [-0.39, 0.29) is 11.6 Å². The molecule has 6 nitrogen and oxygen atoms in total. The fraction of sp³-hybridized carbons (Fsp3) is 0.348. The Hall–Kier alpha value is -3.20. The zero-order valence-electron chi connectivity index (χ0n) is 17.8. The highest BCUT2D eigenvalue weighted by Crippen LogP contribution is 2.33. The lowest BCUT2D eigenvalue weighted by Crippen LogP contribution is -2.07. The van der Waals surface area contributed by atoms with Gasteiger partial charge in [0.25, 0.3) is 0 Å². The number of alkyl halides is 2. The van der Waals surface area contributed by atoms with Crippen LogP contribution in [0, 0.1) is 5.82 Å². The molecule has 0 radical (unpaired) electrons. The Kier molecular flexibility index (Phi) is 7.99. The molecule has 0 bridgehead atoms. The van der Waals surface area contributed by atoms with Crippen molar-refractivity contribution in [2.24, 2.45) is 0 Å². The normalized spacial score (nSPS) is 11.1. The summed E-state index contributed by atoms with van der Waals surface area (Å²) in [6.45, 7) is 0.747. The Balaban J connectivity index is 2.07. The largest absolute Gasteiger partial charge is 0.478 e. The topological polar surface area (TPSA) is 77.4 Å². The second kappa shape index (κ2) is 10.9. The van der Waals surface area contributed by atoms with E-state index in [0.717, 1.165) is 17.7 Å². The highest BCUT2D eigenvalue weighted by Gasteiger charge is 2.17. The molecule has 3 rings (SSSR count). The van der Waals surface area contributed by atoms with Crippen LogP contribution in [0.2, 0.25) is 0 Å². The molecule has 0 fully saturated rings. The predicted octanol–water partition coefficient (Wildman–Crippen LogP) is 4.71. The first-order valence-corrected chi connectivity index (χ1v) is 10.3. The first kappa shape index (κ1) is 23.5. The van der Waals surface area contributed by atoms with E-state index >= 15 is 0 Å². The number of aliphatic hydroxyl groups excluding tert-OH is 1. The highest BCUT2D eigenvalue weighted by atomic mass is 19.3. The maximum atomic E-state index is 14.1. The maximum Gasteiger partial charge on any atom is 0.388 e. The zero-order valence-corrected chi connectivity index (χ0v) is 17.8. The van der Waals surface area contributed by atoms with Crippen molar-refractivity contribution < 1.29 is 27.8 Å². The molecule has 0 aliphatic carbocycles. The van der Waals surface area contributed by atoms with Gasteiger partial charge in [-0.2, -0.15) is 8.78 Å². The van der Waals surface area contributed by atoms with E-state index in [4.69, 9.17) is 9.84 Å². The fourth-order valence-electron chi connectivity index (χ4n) is 3.31. The number of rotatable bonds is 10. The van der Waals surface area contributed by atoms with E-state index in [2.05, 4.69) is 19.7 Å². The third-order valence-corrected chi connectivity index (χ3v) is 4.70. The SMILES string of the molecule is CCCc1nc(OCC)c(-c2ccnc(OC(F)F)c2)cc1Cc1cnc(CO)c(F)c1. The number of hydrogen-bond donors (Lipinski definition) is 1. The van der Waals surface area contributed by atoms with Crippen molar-refractivity contribution in [2.45, 2.75) is 46.3 Å². The van der Waals surface area contributed by atoms with Crippen molar-refractivity contribution in [3.8, 4) is 22.9 Å². The van der Waals surface area contributed by atoms with E-state index in [1.54, 1.807) is 6.07 Å². The van der Waals surface area contributed by atoms with Crippen molar-refractivity contribution >= 4 is 0 Å². The van der Waals surface area contributed by atoms with Crippen LogP contribution in [-0.2, 0) is 19.4 Å². The van der Waals surface area contributed by atoms with Gasteiger partial charge in [0.15, 0.2) is 0 Å². The highest BCUT2D eigenvalue weighted by molar-refractivity contribution is 5.70. The molecular formula is C23H24F3N3O3. The number of aryl methyl sites for hydroxylation is 1. The van der Waals surface area contributed by atoms with Crippen LogP contribution in [0.4, 0.5) is 13.2 Å². The van der Waals surface area contributed by atoms with Gasteiger partial charge in [-0.1, -0.05) is 13.3 Å². The molecule has 0 aliphatic rings. The Morgan fingerprint density at radius 1 is 1.09 bits per heavy atom. The number of ether oxygens (including phenoxy) is 2. The molecule has 0 saturated heterocycles. The summed E-state index contributed by atoms with van der Waals surface area (Å²) < 4.78 is 49.5. The minimum absolute atomic E-state index is 0.0172. The van der Waals surface area contributed by atoms with Crippen molar-refractivity contribution in [3.63, 3.8) is 0 Å². The summed E-state index contributed by atoms with van der Waals surface area (Å²) in [5, 5.41) is 9.14. The number of aliphatic hydroxyl groups is 1. The Labute approximate surface area is 184 Å². The number of halogens is 3. The van der Waals surface area contributed by atoms with Gasteiger partial charge in [-0.25, -0.2) is 14.4 Å². The Bertz CT molecular complexity index is 1060. The predicted molar refractivity (Wildman–Crippen MR) is 112 cm³/mol. The van der Waals surface area contributed by atoms with Gasteiger partial charge in [0.1, 0.15) is 11.5 Å². The average Bonchev–Trinajstić information content (AvgIpc) is 2.75. The molecule has 9 heteroatoms. The van der Waals surface area contributed by atoms with Gasteiger partial charge in [0.2, 0.25) is 11.8 Å². The van der Waals surface area contributed by atoms with Gasteiger partial charge in [-0.15, -0.1) is 0 Å². The summed E-state index contributed by atoms with van der Waals surface area (Å²) in [6, 6.07) is 6.25. The zero-order chi connectivity index (χ0) is 23.1. The molecular weight excluding hydrogens is 423 g/mol. The van der Waals surface area contributed by atoms with Gasteiger partial charge in [-0.05, 0) is 48.2 Å². The first-order valence-electron chi connectivity index (χ1n) is 10.3. The second-order valence-electron chi connectivity index (χ2n) is 7.00. The molecule has 0 aliphatic heterocycles. The molecule has 0 amide bonds. The van der Waals surface area contributed by atoms with E-state index in [0.29, 0.717) is 42.0 Å². The van der Waals surface area contributed by atoms with E-state index in [1.807, 2.05) is 19.9 Å². The van der Waals surface area contributed by atoms with Crippen LogP contribution in [0.15, 0.2) is 36.7 Å². The lowest BCUT2D eigenvalue weighted by atomic mass is 9.98. The summed E-state index contributed by atoms with van der Waals surface area (Å²) in [4.78, 5) is 12.5. The Morgan fingerprint density at radius 2 is 1.91 bits per heavy atom. The van der Waals surface area contributed by atoms with Crippen molar-refractivity contribution in [3.05, 3.63) is 65.0 Å². The van der Waals surface area contributed by atoms with E-state index < -0.39 is 19.0 Å². The minimum atomic E-state index is -2.99. The van der Waals surface area contributed by atoms with E-state index in [9.17, 15) is 13.2 Å². The van der Waals surface area contributed by atoms with Crippen LogP contribution in [0.25, 0.3) is 11.1 Å². The number of hydrogen-bond acceptors (Lipinski definition) is 6. The van der Waals surface area contributed by atoms with Crippen molar-refractivity contribution in [1.82, 2.24) is 15.0 Å². The molecule has 0 spiro atoms. The quantitative estimate of drug-likeness (QED) is 0.485. The fourth-order valence-corrected chi connectivity index (χ4v) is 3.31. The Morgan fingerprint density at radius 3 is 2.56 bits per heavy atom. The molecule has 0 aromatic carbocycles. The van der Waals surface area contributed by atoms with Gasteiger partial charge in [-0.3, -0.25) is 4.98 Å². The van der Waals surface area contributed by atoms with Gasteiger partial charge in [0, 0.05) is 36.1 Å². The molecule has 0 atom stereocenters. The summed E-state index contributed by atoms with van der Waals surface area (Å²) in [6.07, 6.45) is 4.75. The molecule has 0 unspecified atom stereocenters. The lowest BCUT2D eigenvalue weighted by molar-refractivity contribution is -0.0528. The minimum Gasteiger partial charge on any atom is -0.478 e. The van der Waals surface area contributed by atoms with Crippen LogP contribution in [0.5, 0.6) is 11.8 Å². The maximum absolute atomic E-state index is 14.1. The summed E-state index contributed by atoms with van der Waals surface area (Å²) in [5.74, 6) is -0.428. The van der Waals surface area contributed by atoms with Crippen LogP contribution < -0.4 is 9.47 Å². The van der Waals surface area contributed by atoms with Crippen molar-refractivity contribution in [2.75, 3.05) is 6.61 Å². The summed E-state index contributed by atoms with van der Waals surface area (Å²) >= 11 is 0. The second-order valence-corrected chi connectivity index (χ2v) is 7.00. The molecule has 0 saturated carbocycles. The smallest absolute Gasteiger partial charge is 0.388 e. The third-order valence-electron chi connectivity index (χ3n) is 4.70. The van der Waals surface area contributed by atoms with Gasteiger partial charge in [0.05, 0.1) is 13.2 Å². The molecule has 32 heavy (non-hydrogen) atoms. The monoisotopic (exact) mass is 447 g/mol. The number of aromatic nitrogens is 3. The summed E-state index contributed by atoms with van der Waals surface area (Å²) in [7, 11) is 0. The third kappa shape index (κ3) is 5.73. The first-order chi connectivity index (χ1) is 15.4. The van der Waals surface area contributed by atoms with Gasteiger partial charge >= 0.3 is 6.61 Å². The van der Waals surface area contributed by atoms with Crippen LogP contribution >= 0.6 is 0 Å². The van der Waals surface area contributed by atoms with Crippen LogP contribution in [-0.4, -0.2) is 33.3 Å². The standard InChI is InChI=1S/C23H24F3N3O3/c1-3-5-19-16(8-14-9-18(24)20(13-30)28-12-14)10-17(22(29-19)31-4-2)15-6-7-27-21(11-15)32-23(25)26/h6-7,9-12,23,30H,3-5,8,13H2,1-2H3. The van der Waals surface area contributed by atoms with Crippen molar-refractivity contribution in [1.29, 1.82) is 0 Å². The molecule has 170 valence electrons. The molecule has 3 aromatic heterocycles. The van der Waals surface area contributed by atoms with Crippen LogP contribution in [0.1, 0.15) is 42.8 Å².